The predicted octanol–water partition coefficient (Wildman–Crippen LogP) is 2.70. The molecule has 0 saturated heterocycles. The highest BCUT2D eigenvalue weighted by molar-refractivity contribution is 5.72. The normalized spacial score (nSPS) is 14.3. The standard InChI is InChI=1S/C16H15N3O2/c1-10-6-2-3-7-11(10)14-18-13-15(21-14)17-12-8-4-5-9-19(12)16(13)20/h2-3,6-7H,4-5,8-9H2,1H3. The van der Waals surface area contributed by atoms with Gasteiger partial charge in [0.15, 0.2) is 5.52 Å². The summed E-state index contributed by atoms with van der Waals surface area (Å²) < 4.78 is 7.48. The van der Waals surface area contributed by atoms with E-state index in [4.69, 9.17) is 4.42 Å². The van der Waals surface area contributed by atoms with Crippen molar-refractivity contribution in [3.63, 3.8) is 0 Å². The van der Waals surface area contributed by atoms with Gasteiger partial charge in [-0.2, -0.15) is 4.98 Å². The van der Waals surface area contributed by atoms with Gasteiger partial charge in [0.1, 0.15) is 5.82 Å². The van der Waals surface area contributed by atoms with Gasteiger partial charge in [-0.3, -0.25) is 9.36 Å². The lowest BCUT2D eigenvalue weighted by Gasteiger charge is -2.15. The van der Waals surface area contributed by atoms with Crippen LogP contribution >= 0.6 is 0 Å². The lowest BCUT2D eigenvalue weighted by molar-refractivity contribution is 0.494. The lowest BCUT2D eigenvalue weighted by atomic mass is 10.1. The number of hydrogen-bond donors (Lipinski definition) is 0. The molecular weight excluding hydrogens is 266 g/mol. The molecule has 1 aromatic carbocycles. The van der Waals surface area contributed by atoms with Gasteiger partial charge in [-0.1, -0.05) is 18.2 Å². The Hall–Kier alpha value is -2.43. The van der Waals surface area contributed by atoms with Crippen LogP contribution in [0.5, 0.6) is 0 Å². The van der Waals surface area contributed by atoms with Crippen molar-refractivity contribution in [2.45, 2.75) is 32.7 Å². The minimum Gasteiger partial charge on any atom is -0.417 e. The average Bonchev–Trinajstić information content (AvgIpc) is 2.92. The number of hydrogen-bond acceptors (Lipinski definition) is 4. The second-order valence-corrected chi connectivity index (χ2v) is 5.43. The molecular formula is C16H15N3O2. The van der Waals surface area contributed by atoms with Crippen molar-refractivity contribution in [2.24, 2.45) is 0 Å². The monoisotopic (exact) mass is 281 g/mol. The molecule has 0 saturated carbocycles. The van der Waals surface area contributed by atoms with Gasteiger partial charge >= 0.3 is 0 Å². The van der Waals surface area contributed by atoms with Crippen LogP contribution in [0, 0.1) is 6.92 Å². The van der Waals surface area contributed by atoms with Crippen molar-refractivity contribution in [1.29, 1.82) is 0 Å². The molecule has 3 aromatic rings. The van der Waals surface area contributed by atoms with Crippen LogP contribution in [0.2, 0.25) is 0 Å². The average molecular weight is 281 g/mol. The first-order chi connectivity index (χ1) is 10.2. The molecule has 21 heavy (non-hydrogen) atoms. The van der Waals surface area contributed by atoms with Crippen LogP contribution < -0.4 is 5.56 Å². The summed E-state index contributed by atoms with van der Waals surface area (Å²) in [5, 5.41) is 0. The van der Waals surface area contributed by atoms with Crippen molar-refractivity contribution in [1.82, 2.24) is 14.5 Å². The van der Waals surface area contributed by atoms with Crippen molar-refractivity contribution in [2.75, 3.05) is 0 Å². The number of nitrogens with zero attached hydrogens (tertiary/aromatic N) is 3. The number of oxazole rings is 1. The fourth-order valence-corrected chi connectivity index (χ4v) is 2.85. The summed E-state index contributed by atoms with van der Waals surface area (Å²) in [6, 6.07) is 7.84. The minimum atomic E-state index is -0.0849. The quantitative estimate of drug-likeness (QED) is 0.688. The van der Waals surface area contributed by atoms with Crippen LogP contribution in [0.1, 0.15) is 24.2 Å². The first-order valence-electron chi connectivity index (χ1n) is 7.20. The van der Waals surface area contributed by atoms with Crippen LogP contribution in [-0.2, 0) is 13.0 Å². The van der Waals surface area contributed by atoms with E-state index in [0.29, 0.717) is 17.1 Å². The molecule has 0 fully saturated rings. The Morgan fingerprint density at radius 1 is 1.19 bits per heavy atom. The minimum absolute atomic E-state index is 0.0849. The molecule has 0 radical (unpaired) electrons. The summed E-state index contributed by atoms with van der Waals surface area (Å²) in [7, 11) is 0. The van der Waals surface area contributed by atoms with Gasteiger partial charge in [0.2, 0.25) is 5.89 Å². The molecule has 1 aliphatic rings. The fraction of sp³-hybridized carbons (Fsp3) is 0.312. The number of fused-ring (bicyclic) bond motifs is 2. The second-order valence-electron chi connectivity index (χ2n) is 5.43. The Kier molecular flexibility index (Phi) is 2.67. The molecule has 1 aliphatic heterocycles. The maximum atomic E-state index is 12.5. The molecule has 0 aliphatic carbocycles. The smallest absolute Gasteiger partial charge is 0.283 e. The zero-order chi connectivity index (χ0) is 14.4. The van der Waals surface area contributed by atoms with E-state index in [1.54, 1.807) is 4.57 Å². The molecule has 0 atom stereocenters. The van der Waals surface area contributed by atoms with Gasteiger partial charge < -0.3 is 4.42 Å². The molecule has 0 N–H and O–H groups in total. The zero-order valence-corrected chi connectivity index (χ0v) is 11.8. The lowest BCUT2D eigenvalue weighted by Crippen LogP contribution is -2.28. The highest BCUT2D eigenvalue weighted by atomic mass is 16.4. The van der Waals surface area contributed by atoms with Crippen LogP contribution in [0.4, 0.5) is 0 Å². The van der Waals surface area contributed by atoms with Crippen LogP contribution in [-0.4, -0.2) is 14.5 Å². The van der Waals surface area contributed by atoms with Gasteiger partial charge in [0.05, 0.1) is 0 Å². The van der Waals surface area contributed by atoms with Gasteiger partial charge in [0, 0.05) is 18.5 Å². The molecule has 5 heteroatoms. The Morgan fingerprint density at radius 2 is 2.05 bits per heavy atom. The molecule has 5 nitrogen and oxygen atoms in total. The maximum Gasteiger partial charge on any atom is 0.283 e. The summed E-state index contributed by atoms with van der Waals surface area (Å²) in [5.74, 6) is 1.28. The van der Waals surface area contributed by atoms with E-state index in [-0.39, 0.29) is 5.56 Å². The van der Waals surface area contributed by atoms with Crippen LogP contribution in [0.3, 0.4) is 0 Å². The molecule has 0 amide bonds. The van der Waals surface area contributed by atoms with Crippen LogP contribution in [0.15, 0.2) is 33.5 Å². The van der Waals surface area contributed by atoms with E-state index in [2.05, 4.69) is 9.97 Å². The van der Waals surface area contributed by atoms with E-state index >= 15 is 0 Å². The molecule has 0 bridgehead atoms. The Balaban J connectivity index is 1.97. The highest BCUT2D eigenvalue weighted by Gasteiger charge is 2.19. The zero-order valence-electron chi connectivity index (χ0n) is 11.8. The van der Waals surface area contributed by atoms with E-state index in [0.717, 1.165) is 42.8 Å². The third-order valence-corrected chi connectivity index (χ3v) is 4.01. The number of aryl methyl sites for hydroxylation is 2. The third-order valence-electron chi connectivity index (χ3n) is 4.01. The van der Waals surface area contributed by atoms with E-state index < -0.39 is 0 Å². The Morgan fingerprint density at radius 3 is 2.90 bits per heavy atom. The number of benzene rings is 1. The first-order valence-corrected chi connectivity index (χ1v) is 7.20. The maximum absolute atomic E-state index is 12.5. The highest BCUT2D eigenvalue weighted by Crippen LogP contribution is 2.25. The molecule has 3 heterocycles. The van der Waals surface area contributed by atoms with E-state index in [1.807, 2.05) is 31.2 Å². The molecule has 2 aromatic heterocycles. The third kappa shape index (κ3) is 1.88. The molecule has 0 spiro atoms. The van der Waals surface area contributed by atoms with E-state index in [9.17, 15) is 4.79 Å². The van der Waals surface area contributed by atoms with Crippen molar-refractivity contribution < 1.29 is 4.42 Å². The van der Waals surface area contributed by atoms with Gasteiger partial charge in [0.25, 0.3) is 11.3 Å². The summed E-state index contributed by atoms with van der Waals surface area (Å²) >= 11 is 0. The van der Waals surface area contributed by atoms with Crippen molar-refractivity contribution in [3.8, 4) is 11.5 Å². The number of aromatic nitrogens is 3. The van der Waals surface area contributed by atoms with E-state index in [1.165, 1.54) is 0 Å². The fourth-order valence-electron chi connectivity index (χ4n) is 2.85. The van der Waals surface area contributed by atoms with Crippen LogP contribution in [0.25, 0.3) is 22.7 Å². The van der Waals surface area contributed by atoms with Gasteiger partial charge in [-0.15, -0.1) is 0 Å². The van der Waals surface area contributed by atoms with Gasteiger partial charge in [-0.25, -0.2) is 4.98 Å². The van der Waals surface area contributed by atoms with Gasteiger partial charge in [-0.05, 0) is 31.4 Å². The Labute approximate surface area is 121 Å². The summed E-state index contributed by atoms with van der Waals surface area (Å²) in [6.45, 7) is 2.72. The number of rotatable bonds is 1. The molecule has 4 rings (SSSR count). The largest absolute Gasteiger partial charge is 0.417 e. The van der Waals surface area contributed by atoms with Crippen molar-refractivity contribution >= 4 is 11.2 Å². The predicted molar refractivity (Wildman–Crippen MR) is 79.2 cm³/mol. The summed E-state index contributed by atoms with van der Waals surface area (Å²) in [4.78, 5) is 21.4. The van der Waals surface area contributed by atoms with Crippen molar-refractivity contribution in [3.05, 3.63) is 46.0 Å². The topological polar surface area (TPSA) is 60.9 Å². The SMILES string of the molecule is Cc1ccccc1-c1nc2c(=O)n3c(nc2o1)CCCC3. The molecule has 106 valence electrons. The first kappa shape index (κ1) is 12.3. The Bertz CT molecular complexity index is 892. The second kappa shape index (κ2) is 4.55. The summed E-state index contributed by atoms with van der Waals surface area (Å²) in [6.07, 6.45) is 2.91. The molecule has 0 unspecified atom stereocenters. The summed E-state index contributed by atoms with van der Waals surface area (Å²) in [5.41, 5.74) is 2.57.